The Kier molecular flexibility index (Phi) is 4.36. The zero-order valence-corrected chi connectivity index (χ0v) is 12.1. The van der Waals surface area contributed by atoms with Gasteiger partial charge in [0.15, 0.2) is 0 Å². The molecule has 1 unspecified atom stereocenters. The first-order valence-electron chi connectivity index (χ1n) is 6.06. The van der Waals surface area contributed by atoms with Crippen LogP contribution in [0, 0.1) is 21.8 Å². The molecule has 1 atom stereocenters. The summed E-state index contributed by atoms with van der Waals surface area (Å²) < 4.78 is 13.7. The summed E-state index contributed by atoms with van der Waals surface area (Å²) in [4.78, 5) is 12.5. The third-order valence-corrected chi connectivity index (χ3v) is 3.94. The normalized spacial score (nSPS) is 18.9. The number of nitro groups is 1. The molecule has 0 aliphatic carbocycles. The van der Waals surface area contributed by atoms with Crippen LogP contribution in [0.5, 0.6) is 0 Å². The van der Waals surface area contributed by atoms with Crippen molar-refractivity contribution in [2.45, 2.75) is 6.42 Å². The first-order chi connectivity index (χ1) is 9.02. The van der Waals surface area contributed by atoms with E-state index in [1.165, 1.54) is 12.1 Å². The number of nitro benzene ring substituents is 1. The van der Waals surface area contributed by atoms with E-state index in [0.717, 1.165) is 13.0 Å². The number of benzene rings is 1. The maximum atomic E-state index is 13.6. The van der Waals surface area contributed by atoms with Crippen LogP contribution in [0.2, 0.25) is 0 Å². The monoisotopic (exact) mass is 331 g/mol. The highest BCUT2D eigenvalue weighted by Crippen LogP contribution is 2.35. The molecule has 1 fully saturated rings. The zero-order chi connectivity index (χ0) is 14.0. The van der Waals surface area contributed by atoms with Gasteiger partial charge in [-0.1, -0.05) is 0 Å². The average Bonchev–Trinajstić information content (AvgIpc) is 2.81. The average molecular weight is 332 g/mol. The highest BCUT2D eigenvalue weighted by molar-refractivity contribution is 9.10. The Hall–Kier alpha value is -1.21. The molecule has 0 saturated carbocycles. The maximum Gasteiger partial charge on any atom is 0.293 e. The molecule has 0 aromatic heterocycles. The van der Waals surface area contributed by atoms with Crippen molar-refractivity contribution in [2.24, 2.45) is 5.92 Å². The van der Waals surface area contributed by atoms with Gasteiger partial charge in [0, 0.05) is 25.2 Å². The van der Waals surface area contributed by atoms with Gasteiger partial charge in [-0.3, -0.25) is 10.1 Å². The second-order valence-electron chi connectivity index (χ2n) is 4.67. The molecule has 2 rings (SSSR count). The summed E-state index contributed by atoms with van der Waals surface area (Å²) in [5.41, 5.74) is 0.308. The maximum absolute atomic E-state index is 13.6. The predicted molar refractivity (Wildman–Crippen MR) is 75.0 cm³/mol. The summed E-state index contributed by atoms with van der Waals surface area (Å²) in [5.74, 6) is -0.0334. The number of nitrogens with zero attached hydrogens (tertiary/aromatic N) is 2. The van der Waals surface area contributed by atoms with Gasteiger partial charge in [-0.2, -0.15) is 0 Å². The minimum Gasteiger partial charge on any atom is -0.366 e. The first kappa shape index (κ1) is 14.2. The van der Waals surface area contributed by atoms with Crippen LogP contribution in [-0.4, -0.2) is 31.6 Å². The van der Waals surface area contributed by atoms with Gasteiger partial charge in [-0.15, -0.1) is 0 Å². The molecule has 104 valence electrons. The van der Waals surface area contributed by atoms with Crippen LogP contribution >= 0.6 is 15.9 Å². The van der Waals surface area contributed by atoms with E-state index in [4.69, 9.17) is 0 Å². The molecule has 0 bridgehead atoms. The molecule has 1 aromatic rings. The lowest BCUT2D eigenvalue weighted by molar-refractivity contribution is -0.384. The van der Waals surface area contributed by atoms with Crippen LogP contribution in [0.15, 0.2) is 16.6 Å². The van der Waals surface area contributed by atoms with Crippen LogP contribution in [0.1, 0.15) is 6.42 Å². The number of hydrogen-bond acceptors (Lipinski definition) is 4. The third kappa shape index (κ3) is 3.03. The highest BCUT2D eigenvalue weighted by Gasteiger charge is 2.28. The minimum absolute atomic E-state index is 0.0571. The van der Waals surface area contributed by atoms with Crippen molar-refractivity contribution in [2.75, 3.05) is 31.6 Å². The molecule has 1 heterocycles. The van der Waals surface area contributed by atoms with Crippen molar-refractivity contribution in [1.82, 2.24) is 5.32 Å². The summed E-state index contributed by atoms with van der Waals surface area (Å²) >= 11 is 2.99. The number of nitrogens with one attached hydrogen (secondary N) is 1. The van der Waals surface area contributed by atoms with Gasteiger partial charge < -0.3 is 10.2 Å². The van der Waals surface area contributed by atoms with Crippen LogP contribution in [0.4, 0.5) is 15.8 Å². The number of hydrogen-bond donors (Lipinski definition) is 1. The molecule has 7 heteroatoms. The van der Waals surface area contributed by atoms with Gasteiger partial charge in [0.05, 0.1) is 9.40 Å². The lowest BCUT2D eigenvalue weighted by atomic mass is 10.1. The standard InChI is InChI=1S/C12H15BrFN3O2/c1-15-6-8-2-3-16(7-8)11-5-10(14)9(13)4-12(11)17(18)19/h4-5,8,15H,2-3,6-7H2,1H3. The Morgan fingerprint density at radius 1 is 1.63 bits per heavy atom. The van der Waals surface area contributed by atoms with E-state index >= 15 is 0 Å². The highest BCUT2D eigenvalue weighted by atomic mass is 79.9. The Morgan fingerprint density at radius 3 is 3.00 bits per heavy atom. The molecular weight excluding hydrogens is 317 g/mol. The SMILES string of the molecule is CNCC1CCN(c2cc(F)c(Br)cc2[N+](=O)[O-])C1. The number of rotatable bonds is 4. The molecule has 1 saturated heterocycles. The van der Waals surface area contributed by atoms with E-state index in [2.05, 4.69) is 21.2 Å². The van der Waals surface area contributed by atoms with Crippen LogP contribution < -0.4 is 10.2 Å². The molecule has 1 aliphatic rings. The van der Waals surface area contributed by atoms with Gasteiger partial charge in [-0.25, -0.2) is 4.39 Å². The second-order valence-corrected chi connectivity index (χ2v) is 5.52. The van der Waals surface area contributed by atoms with Gasteiger partial charge in [0.25, 0.3) is 5.69 Å². The van der Waals surface area contributed by atoms with Crippen LogP contribution in [0.3, 0.4) is 0 Å². The van der Waals surface area contributed by atoms with Crippen LogP contribution in [-0.2, 0) is 0 Å². The van der Waals surface area contributed by atoms with Gasteiger partial charge in [0.2, 0.25) is 0 Å². The second kappa shape index (κ2) is 5.83. The Labute approximate surface area is 119 Å². The van der Waals surface area contributed by atoms with E-state index < -0.39 is 10.7 Å². The van der Waals surface area contributed by atoms with E-state index in [0.29, 0.717) is 24.7 Å². The molecule has 1 aliphatic heterocycles. The van der Waals surface area contributed by atoms with Crippen molar-refractivity contribution in [1.29, 1.82) is 0 Å². The lowest BCUT2D eigenvalue weighted by Gasteiger charge is -2.19. The molecule has 0 amide bonds. The Bertz CT molecular complexity index is 498. The summed E-state index contributed by atoms with van der Waals surface area (Å²) in [6.45, 7) is 2.29. The fourth-order valence-corrected chi connectivity index (χ4v) is 2.76. The summed E-state index contributed by atoms with van der Waals surface area (Å²) in [6.07, 6.45) is 0.954. The fraction of sp³-hybridized carbons (Fsp3) is 0.500. The van der Waals surface area contributed by atoms with Gasteiger partial charge >= 0.3 is 0 Å². The fourth-order valence-electron chi connectivity index (χ4n) is 2.43. The largest absolute Gasteiger partial charge is 0.366 e. The summed E-state index contributed by atoms with van der Waals surface area (Å²) in [6, 6.07) is 2.47. The van der Waals surface area contributed by atoms with Crippen LogP contribution in [0.25, 0.3) is 0 Å². The molecule has 5 nitrogen and oxygen atoms in total. The predicted octanol–water partition coefficient (Wildman–Crippen LogP) is 2.54. The zero-order valence-electron chi connectivity index (χ0n) is 10.5. The number of anilines is 1. The molecule has 0 spiro atoms. The van der Waals surface area contributed by atoms with E-state index in [1.807, 2.05) is 11.9 Å². The van der Waals surface area contributed by atoms with Crippen molar-refractivity contribution in [3.8, 4) is 0 Å². The summed E-state index contributed by atoms with van der Waals surface area (Å²) in [7, 11) is 1.88. The molecule has 19 heavy (non-hydrogen) atoms. The molecule has 0 radical (unpaired) electrons. The minimum atomic E-state index is -0.474. The Morgan fingerprint density at radius 2 is 2.37 bits per heavy atom. The van der Waals surface area contributed by atoms with Crippen molar-refractivity contribution in [3.63, 3.8) is 0 Å². The molecule has 1 N–H and O–H groups in total. The number of halogens is 2. The first-order valence-corrected chi connectivity index (χ1v) is 6.85. The van der Waals surface area contributed by atoms with E-state index in [1.54, 1.807) is 0 Å². The quantitative estimate of drug-likeness (QED) is 0.680. The lowest BCUT2D eigenvalue weighted by Crippen LogP contribution is -2.25. The van der Waals surface area contributed by atoms with Gasteiger partial charge in [-0.05, 0) is 41.9 Å². The topological polar surface area (TPSA) is 58.4 Å². The van der Waals surface area contributed by atoms with Crippen molar-refractivity contribution < 1.29 is 9.31 Å². The van der Waals surface area contributed by atoms with Crippen molar-refractivity contribution >= 4 is 27.3 Å². The van der Waals surface area contributed by atoms with E-state index in [9.17, 15) is 14.5 Å². The van der Waals surface area contributed by atoms with E-state index in [-0.39, 0.29) is 10.2 Å². The van der Waals surface area contributed by atoms with Crippen molar-refractivity contribution in [3.05, 3.63) is 32.5 Å². The smallest absolute Gasteiger partial charge is 0.293 e. The van der Waals surface area contributed by atoms with Gasteiger partial charge in [0.1, 0.15) is 11.5 Å². The molecule has 1 aromatic carbocycles. The molecular formula is C12H15BrFN3O2. The third-order valence-electron chi connectivity index (χ3n) is 3.33. The summed E-state index contributed by atoms with van der Waals surface area (Å²) in [5, 5.41) is 14.2. The Balaban J connectivity index is 2.29.